The summed E-state index contributed by atoms with van der Waals surface area (Å²) in [5, 5.41) is 12.6. The highest BCUT2D eigenvalue weighted by molar-refractivity contribution is 7.89. The predicted octanol–water partition coefficient (Wildman–Crippen LogP) is 2.69. The van der Waals surface area contributed by atoms with E-state index in [4.69, 9.17) is 0 Å². The molecule has 2 aliphatic rings. The second-order valence-corrected chi connectivity index (χ2v) is 9.59. The number of aliphatic hydroxyl groups excluding tert-OH is 1. The number of benzene rings is 3. The van der Waals surface area contributed by atoms with E-state index in [9.17, 15) is 18.3 Å². The fourth-order valence-electron chi connectivity index (χ4n) is 4.50. The average molecular weight is 423 g/mol. The molecule has 0 spiro atoms. The summed E-state index contributed by atoms with van der Waals surface area (Å²) in [4.78, 5) is 14.0. The lowest BCUT2D eigenvalue weighted by Gasteiger charge is -2.25. The number of hydrogen-bond acceptors (Lipinski definition) is 4. The summed E-state index contributed by atoms with van der Waals surface area (Å²) in [6, 6.07) is 16.6. The van der Waals surface area contributed by atoms with E-state index in [1.165, 1.54) is 0 Å². The number of anilines is 1. The van der Waals surface area contributed by atoms with E-state index >= 15 is 0 Å². The van der Waals surface area contributed by atoms with Crippen molar-refractivity contribution >= 4 is 32.4 Å². The van der Waals surface area contributed by atoms with Crippen molar-refractivity contribution in [3.05, 3.63) is 71.3 Å². The maximum Gasteiger partial charge on any atom is 0.240 e. The molecule has 3 aromatic carbocycles. The van der Waals surface area contributed by atoms with Gasteiger partial charge in [-0.15, -0.1) is 0 Å². The monoisotopic (exact) mass is 422 g/mol. The molecule has 2 heterocycles. The fourth-order valence-corrected chi connectivity index (χ4v) is 5.64. The van der Waals surface area contributed by atoms with E-state index < -0.39 is 16.1 Å². The number of fused-ring (bicyclic) bond motifs is 1. The Hall–Kier alpha value is -2.74. The SMILES string of the molecule is O=C1CCc2cc(S(=O)(=O)NC[C@@H](O)c3cccc4ccccc34)cc3c2N1CC3. The molecule has 0 aliphatic carbocycles. The second-order valence-electron chi connectivity index (χ2n) is 7.82. The molecule has 1 amide bonds. The minimum atomic E-state index is -3.79. The smallest absolute Gasteiger partial charge is 0.240 e. The van der Waals surface area contributed by atoms with Gasteiger partial charge in [-0.2, -0.15) is 0 Å². The predicted molar refractivity (Wildman–Crippen MR) is 115 cm³/mol. The quantitative estimate of drug-likeness (QED) is 0.662. The van der Waals surface area contributed by atoms with Crippen LogP contribution in [0.3, 0.4) is 0 Å². The van der Waals surface area contributed by atoms with Crippen LogP contribution in [0.4, 0.5) is 5.69 Å². The molecule has 30 heavy (non-hydrogen) atoms. The first-order chi connectivity index (χ1) is 14.4. The molecule has 0 aromatic heterocycles. The summed E-state index contributed by atoms with van der Waals surface area (Å²) in [5.41, 5.74) is 3.38. The van der Waals surface area contributed by atoms with E-state index in [1.807, 2.05) is 42.5 Å². The van der Waals surface area contributed by atoms with Gasteiger partial charge in [-0.05, 0) is 52.4 Å². The van der Waals surface area contributed by atoms with E-state index in [2.05, 4.69) is 4.72 Å². The van der Waals surface area contributed by atoms with Crippen LogP contribution in [0.15, 0.2) is 59.5 Å². The Morgan fingerprint density at radius 1 is 1.00 bits per heavy atom. The Balaban J connectivity index is 1.40. The van der Waals surface area contributed by atoms with Crippen LogP contribution in [-0.4, -0.2) is 32.5 Å². The molecule has 6 nitrogen and oxygen atoms in total. The Morgan fingerprint density at radius 3 is 2.57 bits per heavy atom. The molecular weight excluding hydrogens is 400 g/mol. The van der Waals surface area contributed by atoms with E-state index in [-0.39, 0.29) is 17.3 Å². The van der Waals surface area contributed by atoms with Gasteiger partial charge < -0.3 is 10.0 Å². The molecule has 2 aliphatic heterocycles. The standard InChI is InChI=1S/C23H22N2O4S/c26-21(20-7-3-5-15-4-1-2-6-19(15)20)14-24-30(28,29)18-12-16-8-9-22(27)25-11-10-17(13-18)23(16)25/h1-7,12-13,21,24,26H,8-11,14H2/t21-/m1/s1. The topological polar surface area (TPSA) is 86.7 Å². The third-order valence-electron chi connectivity index (χ3n) is 5.98. The Labute approximate surface area is 175 Å². The van der Waals surface area contributed by atoms with Gasteiger partial charge in [0.2, 0.25) is 15.9 Å². The number of carbonyl (C=O) groups is 1. The lowest BCUT2D eigenvalue weighted by atomic mass is 10.00. The first kappa shape index (κ1) is 19.2. The molecular formula is C23H22N2O4S. The van der Waals surface area contributed by atoms with Gasteiger partial charge >= 0.3 is 0 Å². The molecule has 7 heteroatoms. The van der Waals surface area contributed by atoms with Crippen LogP contribution in [0.1, 0.15) is 29.2 Å². The third-order valence-corrected chi connectivity index (χ3v) is 7.39. The normalized spacial score (nSPS) is 16.7. The van der Waals surface area contributed by atoms with Crippen LogP contribution in [0.5, 0.6) is 0 Å². The molecule has 5 rings (SSSR count). The Kier molecular flexibility index (Phi) is 4.61. The van der Waals surface area contributed by atoms with Crippen molar-refractivity contribution in [2.75, 3.05) is 18.0 Å². The number of hydrogen-bond donors (Lipinski definition) is 2. The number of nitrogens with one attached hydrogen (secondary N) is 1. The highest BCUT2D eigenvalue weighted by atomic mass is 32.2. The van der Waals surface area contributed by atoms with Gasteiger partial charge in [0, 0.05) is 19.5 Å². The van der Waals surface area contributed by atoms with Crippen molar-refractivity contribution in [1.29, 1.82) is 0 Å². The minimum absolute atomic E-state index is 0.105. The maximum atomic E-state index is 13.0. The van der Waals surface area contributed by atoms with Gasteiger partial charge in [0.15, 0.2) is 0 Å². The van der Waals surface area contributed by atoms with Gasteiger partial charge in [-0.25, -0.2) is 13.1 Å². The molecule has 154 valence electrons. The molecule has 1 atom stereocenters. The number of aryl methyl sites for hydroxylation is 1. The summed E-state index contributed by atoms with van der Waals surface area (Å²) in [6.45, 7) is 0.491. The molecule has 0 saturated carbocycles. The summed E-state index contributed by atoms with van der Waals surface area (Å²) >= 11 is 0. The highest BCUT2D eigenvalue weighted by Gasteiger charge is 2.33. The number of nitrogens with zero attached hydrogens (tertiary/aromatic N) is 1. The number of carbonyl (C=O) groups excluding carboxylic acids is 1. The van der Waals surface area contributed by atoms with Crippen molar-refractivity contribution in [3.63, 3.8) is 0 Å². The first-order valence-electron chi connectivity index (χ1n) is 10.1. The van der Waals surface area contributed by atoms with Crippen LogP contribution in [0.25, 0.3) is 10.8 Å². The van der Waals surface area contributed by atoms with Crippen molar-refractivity contribution in [2.24, 2.45) is 0 Å². The third kappa shape index (κ3) is 3.19. The average Bonchev–Trinajstić information content (AvgIpc) is 3.20. The zero-order valence-corrected chi connectivity index (χ0v) is 17.2. The molecule has 2 N–H and O–H groups in total. The Morgan fingerprint density at radius 2 is 1.73 bits per heavy atom. The van der Waals surface area contributed by atoms with Gasteiger partial charge in [-0.3, -0.25) is 4.79 Å². The summed E-state index contributed by atoms with van der Waals surface area (Å²) in [5.74, 6) is 0.105. The zero-order valence-electron chi connectivity index (χ0n) is 16.3. The van der Waals surface area contributed by atoms with Gasteiger partial charge in [0.25, 0.3) is 0 Å². The van der Waals surface area contributed by atoms with Crippen LogP contribution >= 0.6 is 0 Å². The lowest BCUT2D eigenvalue weighted by molar-refractivity contribution is -0.118. The Bertz CT molecular complexity index is 1260. The van der Waals surface area contributed by atoms with Gasteiger partial charge in [0.05, 0.1) is 16.7 Å². The summed E-state index contributed by atoms with van der Waals surface area (Å²) < 4.78 is 28.5. The van der Waals surface area contributed by atoms with E-state index in [1.54, 1.807) is 17.0 Å². The summed E-state index contributed by atoms with van der Waals surface area (Å²) in [7, 11) is -3.79. The van der Waals surface area contributed by atoms with Gasteiger partial charge in [0.1, 0.15) is 0 Å². The fraction of sp³-hybridized carbons (Fsp3) is 0.261. The molecule has 0 saturated heterocycles. The largest absolute Gasteiger partial charge is 0.387 e. The minimum Gasteiger partial charge on any atom is -0.387 e. The lowest BCUT2D eigenvalue weighted by Crippen LogP contribution is -2.33. The molecule has 3 aromatic rings. The number of rotatable bonds is 5. The number of sulfonamides is 1. The highest BCUT2D eigenvalue weighted by Crippen LogP contribution is 2.38. The van der Waals surface area contributed by atoms with Crippen molar-refractivity contribution < 1.29 is 18.3 Å². The number of amides is 1. The van der Waals surface area contributed by atoms with Crippen LogP contribution < -0.4 is 9.62 Å². The molecule has 0 radical (unpaired) electrons. The molecule has 0 unspecified atom stereocenters. The van der Waals surface area contributed by atoms with Crippen molar-refractivity contribution in [1.82, 2.24) is 4.72 Å². The van der Waals surface area contributed by atoms with Crippen LogP contribution in [-0.2, 0) is 27.7 Å². The maximum absolute atomic E-state index is 13.0. The van der Waals surface area contributed by atoms with Gasteiger partial charge in [-0.1, -0.05) is 42.5 Å². The van der Waals surface area contributed by atoms with E-state index in [0.717, 1.165) is 27.6 Å². The van der Waals surface area contributed by atoms with Crippen molar-refractivity contribution in [2.45, 2.75) is 30.3 Å². The second kappa shape index (κ2) is 7.19. The van der Waals surface area contributed by atoms with E-state index in [0.29, 0.717) is 31.4 Å². The van der Waals surface area contributed by atoms with Crippen LogP contribution in [0.2, 0.25) is 0 Å². The molecule has 0 bridgehead atoms. The van der Waals surface area contributed by atoms with Crippen LogP contribution in [0, 0.1) is 0 Å². The van der Waals surface area contributed by atoms with Crippen molar-refractivity contribution in [3.8, 4) is 0 Å². The summed E-state index contributed by atoms with van der Waals surface area (Å²) in [6.07, 6.45) is 0.658. The first-order valence-corrected chi connectivity index (χ1v) is 11.5. The molecule has 0 fully saturated rings. The zero-order chi connectivity index (χ0) is 20.9. The number of aliphatic hydroxyl groups is 1.